The molecule has 84 heavy (non-hydrogen) atoms. The predicted octanol–water partition coefficient (Wildman–Crippen LogP) is 14.5. The molecule has 12 atom stereocenters. The first-order chi connectivity index (χ1) is 40.0. The molecule has 2 unspecified atom stereocenters. The number of carbonyl (C=O) groups excluding carboxylic acids is 4. The van der Waals surface area contributed by atoms with Crippen molar-refractivity contribution < 1.29 is 37.4 Å². The molecule has 14 rings (SSSR count). The lowest BCUT2D eigenvalue weighted by atomic mass is 9.60. The standard InChI is InChI=1S/C68H92F2N8O6/c1-39(2)57(75-63(81)83-65(5,6)37-69)61(79)77-53-17-13-11-15-44(53)33-55(77)59-71-49-25-21-43(32-51(49)73-59)48-31-41-19-22-46-23-20-42(28-30-67(48,9)29-27-41)36-68(46,10)47-24-26-50-52(35-47)74-60(72-50)56-34-45-16-12-14-18-54(45)78(56)62(80)58(40(3)4)76-64(82)84-66(7,8)38-70/h20-21,23-27,31-32,35,39-40,42,44-46,53-58H,11-19,22,28-30,33-34,36-38H2,1-10H3,(H,71,73)(H,72,74)(H,75,81)(H,76,82)/t42-,44-,45-,46?,53-,54-,55-,56-,57-,58-,67?,68+/m0/s1. The molecule has 2 aromatic heterocycles. The van der Waals surface area contributed by atoms with Gasteiger partial charge >= 0.3 is 12.2 Å². The molecule has 2 aliphatic heterocycles. The lowest BCUT2D eigenvalue weighted by molar-refractivity contribution is -0.139. The van der Waals surface area contributed by atoms with Gasteiger partial charge in [0.25, 0.3) is 0 Å². The maximum Gasteiger partial charge on any atom is 0.408 e. The van der Waals surface area contributed by atoms with Crippen LogP contribution in [0.1, 0.15) is 207 Å². The fourth-order valence-corrected chi connectivity index (χ4v) is 15.9. The monoisotopic (exact) mass is 1150 g/mol. The molecule has 8 aliphatic carbocycles. The second-order valence-electron chi connectivity index (χ2n) is 28.8. The summed E-state index contributed by atoms with van der Waals surface area (Å²) in [5.41, 5.74) is 5.99. The van der Waals surface area contributed by atoms with Crippen molar-refractivity contribution in [2.45, 2.75) is 225 Å². The molecule has 4 N–H and O–H groups in total. The number of aromatic nitrogens is 4. The van der Waals surface area contributed by atoms with Gasteiger partial charge in [0.1, 0.15) is 48.3 Å². The molecule has 14 nitrogen and oxygen atoms in total. The number of carbonyl (C=O) groups is 4. The number of hydrogen-bond acceptors (Lipinski definition) is 8. The number of fused-ring (bicyclic) bond motifs is 4. The number of imidazole rings is 2. The Hall–Kier alpha value is -6.06. The van der Waals surface area contributed by atoms with Gasteiger partial charge in [-0.3, -0.25) is 9.59 Å². The normalized spacial score (nSPS) is 29.7. The molecule has 2 aromatic carbocycles. The van der Waals surface area contributed by atoms with Crippen LogP contribution in [-0.4, -0.2) is 102 Å². The van der Waals surface area contributed by atoms with Crippen molar-refractivity contribution in [3.05, 3.63) is 89.1 Å². The fraction of sp³-hybridized carbons (Fsp3) is 0.647. The molecule has 16 heteroatoms. The van der Waals surface area contributed by atoms with Crippen molar-refractivity contribution in [2.24, 2.45) is 40.9 Å². The third-order valence-corrected chi connectivity index (χ3v) is 20.8. The van der Waals surface area contributed by atoms with Gasteiger partial charge < -0.3 is 39.9 Å². The van der Waals surface area contributed by atoms with Crippen LogP contribution < -0.4 is 10.6 Å². The van der Waals surface area contributed by atoms with E-state index in [2.05, 4.69) is 95.2 Å². The molecule has 4 heterocycles. The van der Waals surface area contributed by atoms with E-state index in [-0.39, 0.29) is 58.6 Å². The minimum absolute atomic E-state index is 0.0416. The van der Waals surface area contributed by atoms with Crippen LogP contribution in [0, 0.1) is 40.9 Å². The van der Waals surface area contributed by atoms with E-state index in [4.69, 9.17) is 19.4 Å². The first-order valence-electron chi connectivity index (χ1n) is 31.8. The van der Waals surface area contributed by atoms with Crippen molar-refractivity contribution in [2.75, 3.05) is 13.3 Å². The summed E-state index contributed by atoms with van der Waals surface area (Å²) in [7, 11) is 0. The molecular weight excluding hydrogens is 1060 g/mol. The highest BCUT2D eigenvalue weighted by atomic mass is 19.1. The Morgan fingerprint density at radius 3 is 1.76 bits per heavy atom. The number of amides is 4. The number of nitrogens with zero attached hydrogens (tertiary/aromatic N) is 4. The Balaban J connectivity index is 0.829. The number of alkyl carbamates (subject to hydrolysis) is 2. The van der Waals surface area contributed by atoms with Crippen LogP contribution >= 0.6 is 0 Å². The number of likely N-dealkylation sites (tertiary alicyclic amines) is 2. The Kier molecular flexibility index (Phi) is 16.6. The van der Waals surface area contributed by atoms with Crippen LogP contribution in [0.25, 0.3) is 27.6 Å². The zero-order valence-electron chi connectivity index (χ0n) is 51.4. The Bertz CT molecular complexity index is 3230. The summed E-state index contributed by atoms with van der Waals surface area (Å²) in [6, 6.07) is 11.3. The molecule has 4 aromatic rings. The maximum absolute atomic E-state index is 14.8. The number of allylic oxidation sites excluding steroid dienone is 6. The number of alkyl halides is 2. The van der Waals surface area contributed by atoms with Gasteiger partial charge in [-0.2, -0.15) is 0 Å². The Morgan fingerprint density at radius 1 is 0.702 bits per heavy atom. The average molecular weight is 1160 g/mol. The highest BCUT2D eigenvalue weighted by molar-refractivity contribution is 5.89. The highest BCUT2D eigenvalue weighted by Crippen LogP contribution is 2.54. The van der Waals surface area contributed by atoms with Gasteiger partial charge in [-0.1, -0.05) is 109 Å². The zero-order valence-corrected chi connectivity index (χ0v) is 51.4. The molecule has 454 valence electrons. The SMILES string of the molecule is CC(C)[C@H](NC(=O)OC(C)(C)CF)C(=O)N1[C@H](c2nc3ccc(C4=CC5=CCC4(C)CC[C@@H]4C=CC(CC5)[C@](C)(c5ccc6nc([C@@H]7C[C@@H]8CCCC[C@@H]8N7C(=O)[C@@H](NC(=O)OC(C)(C)CF)C(C)C)[nH]c6c5)C4)cc3[nH]2)C[C@@H]2CCCC[C@@H]21. The summed E-state index contributed by atoms with van der Waals surface area (Å²) in [5, 5.41) is 5.66. The number of hydrogen-bond donors (Lipinski definition) is 4. The van der Waals surface area contributed by atoms with E-state index in [1.54, 1.807) is 0 Å². The molecule has 0 radical (unpaired) electrons. The quantitative estimate of drug-likeness (QED) is 0.0903. The Labute approximate surface area is 495 Å². The molecule has 4 amide bonds. The van der Waals surface area contributed by atoms with Crippen LogP contribution in [0.2, 0.25) is 0 Å². The summed E-state index contributed by atoms with van der Waals surface area (Å²) in [4.78, 5) is 77.9. The van der Waals surface area contributed by atoms with E-state index >= 15 is 0 Å². The van der Waals surface area contributed by atoms with Crippen LogP contribution in [0.4, 0.5) is 18.4 Å². The van der Waals surface area contributed by atoms with Crippen molar-refractivity contribution in [1.29, 1.82) is 0 Å². The van der Waals surface area contributed by atoms with Crippen molar-refractivity contribution >= 4 is 51.6 Å². The first-order valence-corrected chi connectivity index (χ1v) is 31.8. The molecule has 4 fully saturated rings. The van der Waals surface area contributed by atoms with Gasteiger partial charge in [0.05, 0.1) is 34.2 Å². The Morgan fingerprint density at radius 2 is 1.23 bits per heavy atom. The highest BCUT2D eigenvalue weighted by Gasteiger charge is 2.51. The van der Waals surface area contributed by atoms with Gasteiger partial charge in [0.15, 0.2) is 0 Å². The summed E-state index contributed by atoms with van der Waals surface area (Å²) >= 11 is 0. The lowest BCUT2D eigenvalue weighted by Gasteiger charge is -2.44. The molecular formula is C68H92F2N8O6. The number of benzene rings is 2. The fourth-order valence-electron chi connectivity index (χ4n) is 15.9. The minimum atomic E-state index is -1.31. The number of halogens is 2. The second-order valence-corrected chi connectivity index (χ2v) is 28.8. The second kappa shape index (κ2) is 23.3. The van der Waals surface area contributed by atoms with Gasteiger partial charge in [0.2, 0.25) is 11.8 Å². The predicted molar refractivity (Wildman–Crippen MR) is 324 cm³/mol. The molecule has 2 saturated heterocycles. The third kappa shape index (κ3) is 11.7. The number of H-pyrrole nitrogens is 2. The summed E-state index contributed by atoms with van der Waals surface area (Å²) in [6.45, 7) is 17.0. The topological polar surface area (TPSA) is 175 Å². The van der Waals surface area contributed by atoms with E-state index in [9.17, 15) is 28.0 Å². The lowest BCUT2D eigenvalue weighted by Crippen LogP contribution is -2.54. The van der Waals surface area contributed by atoms with Gasteiger partial charge in [0, 0.05) is 12.1 Å². The van der Waals surface area contributed by atoms with Gasteiger partial charge in [-0.05, 0) is 192 Å². The first kappa shape index (κ1) is 59.7. The number of nitrogens with one attached hydrogen (secondary N) is 4. The zero-order chi connectivity index (χ0) is 59.6. The largest absolute Gasteiger partial charge is 0.441 e. The van der Waals surface area contributed by atoms with Gasteiger partial charge in [-0.15, -0.1) is 0 Å². The summed E-state index contributed by atoms with van der Waals surface area (Å²) < 4.78 is 38.2. The summed E-state index contributed by atoms with van der Waals surface area (Å²) in [5.74, 6) is 2.15. The van der Waals surface area contributed by atoms with Crippen molar-refractivity contribution in [3.8, 4) is 0 Å². The van der Waals surface area contributed by atoms with Crippen molar-refractivity contribution in [1.82, 2.24) is 40.4 Å². The molecule has 0 spiro atoms. The number of aromatic amines is 2. The van der Waals surface area contributed by atoms with Crippen LogP contribution in [0.15, 0.2) is 66.3 Å². The van der Waals surface area contributed by atoms with E-state index in [0.29, 0.717) is 23.7 Å². The van der Waals surface area contributed by atoms with E-state index in [1.807, 2.05) is 37.5 Å². The number of ether oxygens (including phenoxy) is 2. The van der Waals surface area contributed by atoms with Crippen molar-refractivity contribution in [3.63, 3.8) is 0 Å². The third-order valence-electron chi connectivity index (χ3n) is 20.8. The van der Waals surface area contributed by atoms with Crippen LogP contribution in [-0.2, 0) is 24.5 Å². The molecule has 2 saturated carbocycles. The van der Waals surface area contributed by atoms with E-state index in [0.717, 1.165) is 136 Å². The number of rotatable bonds is 14. The van der Waals surface area contributed by atoms with Crippen LogP contribution in [0.3, 0.4) is 0 Å². The molecule has 10 aliphatic rings. The van der Waals surface area contributed by atoms with E-state index in [1.165, 1.54) is 50.0 Å². The van der Waals surface area contributed by atoms with E-state index < -0.39 is 48.8 Å². The average Bonchev–Trinajstić information content (AvgIpc) is 2.06. The van der Waals surface area contributed by atoms with Crippen LogP contribution in [0.5, 0.6) is 0 Å². The smallest absolute Gasteiger partial charge is 0.408 e. The maximum atomic E-state index is 14.8. The van der Waals surface area contributed by atoms with Gasteiger partial charge in [-0.25, -0.2) is 28.3 Å². The minimum Gasteiger partial charge on any atom is -0.441 e. The summed E-state index contributed by atoms with van der Waals surface area (Å²) in [6.07, 6.45) is 24.2. The molecule has 4 bridgehead atoms.